The molecule has 2 unspecified atom stereocenters. The molecule has 1 aromatic carbocycles. The van der Waals surface area contributed by atoms with Crippen LogP contribution in [-0.2, 0) is 0 Å². The number of rotatable bonds is 2. The summed E-state index contributed by atoms with van der Waals surface area (Å²) in [5.74, 6) is 0.756. The fourth-order valence-electron chi connectivity index (χ4n) is 3.79. The molecule has 2 fully saturated rings. The normalized spacial score (nSPS) is 27.0. The van der Waals surface area contributed by atoms with Crippen LogP contribution in [0.15, 0.2) is 33.5 Å². The van der Waals surface area contributed by atoms with Crippen LogP contribution in [0.25, 0.3) is 11.0 Å². The van der Waals surface area contributed by atoms with E-state index in [0.29, 0.717) is 17.7 Å². The molecule has 2 bridgehead atoms. The largest absolute Gasteiger partial charge is 0.490 e. The molecule has 2 saturated heterocycles. The minimum Gasteiger partial charge on any atom is -0.490 e. The predicted octanol–water partition coefficient (Wildman–Crippen LogP) is 3.87. The first-order chi connectivity index (χ1) is 10.6. The summed E-state index contributed by atoms with van der Waals surface area (Å²) in [6.45, 7) is 0. The summed E-state index contributed by atoms with van der Waals surface area (Å²) >= 11 is 5.79. The van der Waals surface area contributed by atoms with E-state index in [2.05, 4.69) is 11.9 Å². The Kier molecular flexibility index (Phi) is 4.59. The lowest BCUT2D eigenvalue weighted by molar-refractivity contribution is 0.0662. The molecule has 0 radical (unpaired) electrons. The SMILES string of the molecule is CN1C2CCC1CC(Oc1ccc3cc(Cl)c(=O)oc3c1)C2.Cl. The Morgan fingerprint density at radius 3 is 2.61 bits per heavy atom. The molecular weight excluding hydrogens is 337 g/mol. The van der Waals surface area contributed by atoms with E-state index in [1.807, 2.05) is 12.1 Å². The highest BCUT2D eigenvalue weighted by Gasteiger charge is 2.39. The highest BCUT2D eigenvalue weighted by Crippen LogP contribution is 2.36. The van der Waals surface area contributed by atoms with Gasteiger partial charge in [-0.3, -0.25) is 0 Å². The van der Waals surface area contributed by atoms with Gasteiger partial charge in [-0.15, -0.1) is 12.4 Å². The average Bonchev–Trinajstić information content (AvgIpc) is 2.71. The van der Waals surface area contributed by atoms with Crippen molar-refractivity contribution in [3.63, 3.8) is 0 Å². The van der Waals surface area contributed by atoms with Gasteiger partial charge in [0.25, 0.3) is 0 Å². The van der Waals surface area contributed by atoms with E-state index < -0.39 is 5.63 Å². The molecule has 2 aliphatic rings. The topological polar surface area (TPSA) is 42.7 Å². The molecule has 3 heterocycles. The van der Waals surface area contributed by atoms with Gasteiger partial charge in [-0.2, -0.15) is 0 Å². The summed E-state index contributed by atoms with van der Waals surface area (Å²) in [5.41, 5.74) is 0.00597. The second-order valence-electron chi connectivity index (χ2n) is 6.34. The molecule has 0 spiro atoms. The van der Waals surface area contributed by atoms with Crippen LogP contribution in [-0.4, -0.2) is 30.1 Å². The highest BCUT2D eigenvalue weighted by molar-refractivity contribution is 6.30. The fraction of sp³-hybridized carbons (Fsp3) is 0.471. The molecule has 2 aliphatic heterocycles. The van der Waals surface area contributed by atoms with Gasteiger partial charge in [0.2, 0.25) is 0 Å². The first-order valence-corrected chi connectivity index (χ1v) is 8.10. The van der Waals surface area contributed by atoms with Gasteiger partial charge in [0.1, 0.15) is 22.5 Å². The molecule has 124 valence electrons. The Morgan fingerprint density at radius 1 is 1.22 bits per heavy atom. The Labute approximate surface area is 145 Å². The molecule has 2 atom stereocenters. The van der Waals surface area contributed by atoms with E-state index in [-0.39, 0.29) is 23.5 Å². The summed E-state index contributed by atoms with van der Waals surface area (Å²) < 4.78 is 11.4. The molecular formula is C17H19Cl2NO3. The number of halogens is 2. The minimum absolute atomic E-state index is 0. The zero-order valence-electron chi connectivity index (χ0n) is 12.8. The second-order valence-corrected chi connectivity index (χ2v) is 6.75. The summed E-state index contributed by atoms with van der Waals surface area (Å²) in [6.07, 6.45) is 4.91. The van der Waals surface area contributed by atoms with Crippen LogP contribution in [0, 0.1) is 0 Å². The third-order valence-corrected chi connectivity index (χ3v) is 5.29. The van der Waals surface area contributed by atoms with Gasteiger partial charge in [0.05, 0.1) is 0 Å². The molecule has 2 aromatic rings. The molecule has 6 heteroatoms. The second kappa shape index (κ2) is 6.34. The molecule has 0 saturated carbocycles. The van der Waals surface area contributed by atoms with Crippen molar-refractivity contribution in [2.24, 2.45) is 0 Å². The number of fused-ring (bicyclic) bond motifs is 3. The minimum atomic E-state index is -0.511. The lowest BCUT2D eigenvalue weighted by Crippen LogP contribution is -2.43. The van der Waals surface area contributed by atoms with Crippen LogP contribution in [0.4, 0.5) is 0 Å². The Hall–Kier alpha value is -1.23. The number of ether oxygens (including phenoxy) is 1. The molecule has 1 aromatic heterocycles. The van der Waals surface area contributed by atoms with Crippen molar-refractivity contribution in [3.8, 4) is 5.75 Å². The third kappa shape index (κ3) is 3.08. The summed E-state index contributed by atoms with van der Waals surface area (Å²) in [4.78, 5) is 14.0. The van der Waals surface area contributed by atoms with E-state index in [0.717, 1.165) is 24.0 Å². The quantitative estimate of drug-likeness (QED) is 0.766. The van der Waals surface area contributed by atoms with Gasteiger partial charge in [-0.05, 0) is 50.9 Å². The van der Waals surface area contributed by atoms with Crippen LogP contribution in [0.1, 0.15) is 25.7 Å². The first-order valence-electron chi connectivity index (χ1n) is 7.72. The van der Waals surface area contributed by atoms with Crippen LogP contribution >= 0.6 is 24.0 Å². The predicted molar refractivity (Wildman–Crippen MR) is 93.0 cm³/mol. The van der Waals surface area contributed by atoms with Crippen molar-refractivity contribution in [2.75, 3.05) is 7.05 Å². The molecule has 0 N–H and O–H groups in total. The van der Waals surface area contributed by atoms with Gasteiger partial charge >= 0.3 is 5.63 Å². The van der Waals surface area contributed by atoms with Crippen LogP contribution < -0.4 is 10.4 Å². The van der Waals surface area contributed by atoms with Gasteiger partial charge in [-0.1, -0.05) is 11.6 Å². The first kappa shape index (κ1) is 16.6. The van der Waals surface area contributed by atoms with Gasteiger partial charge in [0, 0.05) is 23.5 Å². The van der Waals surface area contributed by atoms with Gasteiger partial charge in [0.15, 0.2) is 0 Å². The number of benzene rings is 1. The molecule has 23 heavy (non-hydrogen) atoms. The van der Waals surface area contributed by atoms with Crippen molar-refractivity contribution in [3.05, 3.63) is 39.7 Å². The number of nitrogens with zero attached hydrogens (tertiary/aromatic N) is 1. The van der Waals surface area contributed by atoms with Crippen LogP contribution in [0.2, 0.25) is 5.02 Å². The highest BCUT2D eigenvalue weighted by atomic mass is 35.5. The summed E-state index contributed by atoms with van der Waals surface area (Å²) in [5, 5.41) is 0.911. The van der Waals surface area contributed by atoms with Crippen molar-refractivity contribution in [1.29, 1.82) is 0 Å². The Morgan fingerprint density at radius 2 is 1.91 bits per heavy atom. The molecule has 4 nitrogen and oxygen atoms in total. The number of piperidine rings is 1. The van der Waals surface area contributed by atoms with Crippen molar-refractivity contribution < 1.29 is 9.15 Å². The maximum absolute atomic E-state index is 11.5. The molecule has 0 aliphatic carbocycles. The lowest BCUT2D eigenvalue weighted by atomic mass is 10.0. The third-order valence-electron chi connectivity index (χ3n) is 5.02. The van der Waals surface area contributed by atoms with E-state index in [4.69, 9.17) is 20.8 Å². The summed E-state index contributed by atoms with van der Waals surface area (Å²) in [6, 6.07) is 8.49. The lowest BCUT2D eigenvalue weighted by Gasteiger charge is -2.36. The van der Waals surface area contributed by atoms with E-state index in [1.54, 1.807) is 12.1 Å². The van der Waals surface area contributed by atoms with Crippen molar-refractivity contribution >= 4 is 35.0 Å². The maximum atomic E-state index is 11.5. The Bertz CT molecular complexity index is 762. The van der Waals surface area contributed by atoms with E-state index in [1.165, 1.54) is 12.8 Å². The Balaban J connectivity index is 0.00000156. The molecule has 4 rings (SSSR count). The monoisotopic (exact) mass is 355 g/mol. The van der Waals surface area contributed by atoms with E-state index >= 15 is 0 Å². The van der Waals surface area contributed by atoms with Crippen LogP contribution in [0.3, 0.4) is 0 Å². The van der Waals surface area contributed by atoms with Crippen LogP contribution in [0.5, 0.6) is 5.75 Å². The van der Waals surface area contributed by atoms with Crippen molar-refractivity contribution in [2.45, 2.75) is 43.9 Å². The number of hydrogen-bond acceptors (Lipinski definition) is 4. The van der Waals surface area contributed by atoms with Gasteiger partial charge < -0.3 is 14.1 Å². The fourth-order valence-corrected chi connectivity index (χ4v) is 3.95. The van der Waals surface area contributed by atoms with Gasteiger partial charge in [-0.25, -0.2) is 4.79 Å². The smallest absolute Gasteiger partial charge is 0.355 e. The number of hydrogen-bond donors (Lipinski definition) is 0. The van der Waals surface area contributed by atoms with E-state index in [9.17, 15) is 4.79 Å². The zero-order valence-corrected chi connectivity index (χ0v) is 14.4. The average molecular weight is 356 g/mol. The summed E-state index contributed by atoms with van der Waals surface area (Å²) in [7, 11) is 2.22. The molecule has 0 amide bonds. The maximum Gasteiger partial charge on any atom is 0.355 e. The van der Waals surface area contributed by atoms with Crippen molar-refractivity contribution in [1.82, 2.24) is 4.90 Å². The zero-order chi connectivity index (χ0) is 15.3. The standard InChI is InChI=1S/C17H18ClNO3.ClH/c1-19-11-3-4-12(19)8-14(7-11)21-13-5-2-10-6-15(18)17(20)22-16(10)9-13;/h2,5-6,9,11-12,14H,3-4,7-8H2,1H3;1H.